The van der Waals surface area contributed by atoms with E-state index in [0.29, 0.717) is 6.42 Å². The SMILES string of the molecule is CC(C)NC(CCC(=O)OCc1ccccc1)C(=O)OC(C)(C)C. The van der Waals surface area contributed by atoms with Crippen molar-refractivity contribution in [3.63, 3.8) is 0 Å². The van der Waals surface area contributed by atoms with Crippen LogP contribution in [0.5, 0.6) is 0 Å². The Kier molecular flexibility index (Phi) is 7.92. The molecule has 5 nitrogen and oxygen atoms in total. The van der Waals surface area contributed by atoms with E-state index in [1.54, 1.807) is 0 Å². The van der Waals surface area contributed by atoms with E-state index in [-0.39, 0.29) is 31.0 Å². The molecule has 134 valence electrons. The van der Waals surface area contributed by atoms with Crippen LogP contribution in [0.3, 0.4) is 0 Å². The monoisotopic (exact) mass is 335 g/mol. The van der Waals surface area contributed by atoms with Gasteiger partial charge in [-0.3, -0.25) is 9.59 Å². The molecule has 0 aromatic heterocycles. The molecule has 0 amide bonds. The number of benzene rings is 1. The van der Waals surface area contributed by atoms with Crippen LogP contribution in [-0.2, 0) is 25.7 Å². The summed E-state index contributed by atoms with van der Waals surface area (Å²) in [6, 6.07) is 9.10. The summed E-state index contributed by atoms with van der Waals surface area (Å²) in [6.45, 7) is 9.62. The Morgan fingerprint density at radius 3 is 2.29 bits per heavy atom. The van der Waals surface area contributed by atoms with E-state index in [0.717, 1.165) is 5.56 Å². The minimum absolute atomic E-state index is 0.114. The van der Waals surface area contributed by atoms with Crippen LogP contribution in [0.25, 0.3) is 0 Å². The molecule has 0 aliphatic carbocycles. The zero-order valence-corrected chi connectivity index (χ0v) is 15.3. The first kappa shape index (κ1) is 20.2. The second-order valence-electron chi connectivity index (χ2n) is 7.09. The fourth-order valence-electron chi connectivity index (χ4n) is 2.12. The van der Waals surface area contributed by atoms with Crippen molar-refractivity contribution in [2.45, 2.75) is 71.8 Å². The molecule has 1 rings (SSSR count). The average Bonchev–Trinajstić information content (AvgIpc) is 2.48. The summed E-state index contributed by atoms with van der Waals surface area (Å²) in [6.07, 6.45) is 0.511. The van der Waals surface area contributed by atoms with E-state index in [9.17, 15) is 9.59 Å². The Balaban J connectivity index is 2.48. The van der Waals surface area contributed by atoms with Gasteiger partial charge in [0.05, 0.1) is 0 Å². The highest BCUT2D eigenvalue weighted by Crippen LogP contribution is 2.12. The molecule has 0 bridgehead atoms. The molecule has 1 aromatic carbocycles. The number of nitrogens with one attached hydrogen (secondary N) is 1. The number of hydrogen-bond donors (Lipinski definition) is 1. The second-order valence-corrected chi connectivity index (χ2v) is 7.09. The summed E-state index contributed by atoms with van der Waals surface area (Å²) in [4.78, 5) is 24.2. The van der Waals surface area contributed by atoms with Gasteiger partial charge in [-0.25, -0.2) is 0 Å². The smallest absolute Gasteiger partial charge is 0.323 e. The van der Waals surface area contributed by atoms with E-state index < -0.39 is 11.6 Å². The predicted molar refractivity (Wildman–Crippen MR) is 93.4 cm³/mol. The summed E-state index contributed by atoms with van der Waals surface area (Å²) in [5.41, 5.74) is 0.386. The van der Waals surface area contributed by atoms with Gasteiger partial charge in [0, 0.05) is 12.5 Å². The van der Waals surface area contributed by atoms with Crippen LogP contribution in [0.2, 0.25) is 0 Å². The summed E-state index contributed by atoms with van der Waals surface area (Å²) in [5, 5.41) is 3.15. The standard InChI is InChI=1S/C19H29NO4/c1-14(2)20-16(18(22)24-19(3,4)5)11-12-17(21)23-13-15-9-7-6-8-10-15/h6-10,14,16,20H,11-13H2,1-5H3. The first-order chi connectivity index (χ1) is 11.2. The van der Waals surface area contributed by atoms with Gasteiger partial charge >= 0.3 is 11.9 Å². The highest BCUT2D eigenvalue weighted by molar-refractivity contribution is 5.77. The van der Waals surface area contributed by atoms with Crippen LogP contribution in [-0.4, -0.2) is 29.6 Å². The lowest BCUT2D eigenvalue weighted by Gasteiger charge is -2.25. The van der Waals surface area contributed by atoms with Crippen molar-refractivity contribution in [1.29, 1.82) is 0 Å². The van der Waals surface area contributed by atoms with Gasteiger partial charge in [0.1, 0.15) is 18.2 Å². The molecule has 1 aromatic rings. The average molecular weight is 335 g/mol. The van der Waals surface area contributed by atoms with Crippen molar-refractivity contribution in [1.82, 2.24) is 5.32 Å². The van der Waals surface area contributed by atoms with Gasteiger partial charge in [-0.1, -0.05) is 44.2 Å². The highest BCUT2D eigenvalue weighted by Gasteiger charge is 2.26. The Morgan fingerprint density at radius 2 is 1.75 bits per heavy atom. The molecular formula is C19H29NO4. The number of hydrogen-bond acceptors (Lipinski definition) is 5. The summed E-state index contributed by atoms with van der Waals surface area (Å²) in [5.74, 6) is -0.662. The molecule has 0 spiro atoms. The third-order valence-corrected chi connectivity index (χ3v) is 3.11. The number of ether oxygens (including phenoxy) is 2. The van der Waals surface area contributed by atoms with Crippen LogP contribution in [0.15, 0.2) is 30.3 Å². The fourth-order valence-corrected chi connectivity index (χ4v) is 2.12. The second kappa shape index (κ2) is 9.42. The quantitative estimate of drug-likeness (QED) is 0.739. The molecule has 24 heavy (non-hydrogen) atoms. The Bertz CT molecular complexity index is 520. The number of esters is 2. The lowest BCUT2D eigenvalue weighted by Crippen LogP contribution is -2.44. The lowest BCUT2D eigenvalue weighted by molar-refractivity contribution is -0.158. The van der Waals surface area contributed by atoms with E-state index in [1.807, 2.05) is 65.0 Å². The first-order valence-corrected chi connectivity index (χ1v) is 8.36. The largest absolute Gasteiger partial charge is 0.461 e. The van der Waals surface area contributed by atoms with E-state index in [2.05, 4.69) is 5.32 Å². The highest BCUT2D eigenvalue weighted by atomic mass is 16.6. The van der Waals surface area contributed by atoms with Crippen LogP contribution in [0, 0.1) is 0 Å². The zero-order valence-electron chi connectivity index (χ0n) is 15.3. The molecule has 1 unspecified atom stereocenters. The minimum atomic E-state index is -0.554. The Morgan fingerprint density at radius 1 is 1.12 bits per heavy atom. The van der Waals surface area contributed by atoms with Crippen molar-refractivity contribution in [2.75, 3.05) is 0 Å². The molecule has 1 atom stereocenters. The molecule has 1 N–H and O–H groups in total. The van der Waals surface area contributed by atoms with Crippen molar-refractivity contribution >= 4 is 11.9 Å². The maximum atomic E-state index is 12.2. The number of rotatable bonds is 8. The van der Waals surface area contributed by atoms with Crippen LogP contribution < -0.4 is 5.32 Å². The predicted octanol–water partition coefficient (Wildman–Crippen LogP) is 3.22. The maximum Gasteiger partial charge on any atom is 0.323 e. The summed E-state index contributed by atoms with van der Waals surface area (Å²) >= 11 is 0. The molecule has 0 fully saturated rings. The van der Waals surface area contributed by atoms with Gasteiger partial charge in [-0.05, 0) is 32.8 Å². The number of carbonyl (C=O) groups excluding carboxylic acids is 2. The first-order valence-electron chi connectivity index (χ1n) is 8.36. The molecule has 5 heteroatoms. The van der Waals surface area contributed by atoms with Gasteiger partial charge in [0.25, 0.3) is 0 Å². The molecule has 0 radical (unpaired) electrons. The maximum absolute atomic E-state index is 12.2. The Hall–Kier alpha value is -1.88. The van der Waals surface area contributed by atoms with Gasteiger partial charge < -0.3 is 14.8 Å². The molecule has 0 saturated carbocycles. The van der Waals surface area contributed by atoms with Crippen LogP contribution >= 0.6 is 0 Å². The lowest BCUT2D eigenvalue weighted by atomic mass is 10.1. The zero-order chi connectivity index (χ0) is 18.2. The van der Waals surface area contributed by atoms with Gasteiger partial charge in [-0.15, -0.1) is 0 Å². The molecule has 0 heterocycles. The molecule has 0 aliphatic rings. The van der Waals surface area contributed by atoms with Crippen LogP contribution in [0.4, 0.5) is 0 Å². The van der Waals surface area contributed by atoms with Gasteiger partial charge in [0.2, 0.25) is 0 Å². The molecular weight excluding hydrogens is 306 g/mol. The summed E-state index contributed by atoms with van der Waals surface area (Å²) in [7, 11) is 0. The van der Waals surface area contributed by atoms with Crippen molar-refractivity contribution in [2.24, 2.45) is 0 Å². The fraction of sp³-hybridized carbons (Fsp3) is 0.579. The van der Waals surface area contributed by atoms with E-state index in [1.165, 1.54) is 0 Å². The van der Waals surface area contributed by atoms with Crippen molar-refractivity contribution < 1.29 is 19.1 Å². The normalized spacial score (nSPS) is 12.8. The Labute approximate surface area is 144 Å². The molecule has 0 saturated heterocycles. The third-order valence-electron chi connectivity index (χ3n) is 3.11. The summed E-state index contributed by atoms with van der Waals surface area (Å²) < 4.78 is 10.7. The van der Waals surface area contributed by atoms with E-state index in [4.69, 9.17) is 9.47 Å². The van der Waals surface area contributed by atoms with Crippen LogP contribution in [0.1, 0.15) is 53.0 Å². The van der Waals surface area contributed by atoms with Crippen molar-refractivity contribution in [3.05, 3.63) is 35.9 Å². The minimum Gasteiger partial charge on any atom is -0.461 e. The van der Waals surface area contributed by atoms with E-state index >= 15 is 0 Å². The molecule has 0 aliphatic heterocycles. The van der Waals surface area contributed by atoms with Gasteiger partial charge in [0.15, 0.2) is 0 Å². The van der Waals surface area contributed by atoms with Gasteiger partial charge in [-0.2, -0.15) is 0 Å². The third kappa shape index (κ3) is 8.67. The topological polar surface area (TPSA) is 64.6 Å². The number of carbonyl (C=O) groups is 2. The van der Waals surface area contributed by atoms with Crippen molar-refractivity contribution in [3.8, 4) is 0 Å².